The zero-order valence-electron chi connectivity index (χ0n) is 17.6. The van der Waals surface area contributed by atoms with Gasteiger partial charge in [-0.05, 0) is 19.1 Å². The largest absolute Gasteiger partial charge is 0.352 e. The van der Waals surface area contributed by atoms with Gasteiger partial charge in [0.2, 0.25) is 5.91 Å². The van der Waals surface area contributed by atoms with E-state index >= 15 is 0 Å². The minimum absolute atomic E-state index is 0.0327. The van der Waals surface area contributed by atoms with Gasteiger partial charge in [-0.25, -0.2) is 14.6 Å². The number of carbonyl (C=O) groups is 1. The maximum absolute atomic E-state index is 12.3. The van der Waals surface area contributed by atoms with E-state index in [0.29, 0.717) is 0 Å². The number of hydrogen-bond acceptors (Lipinski definition) is 5. The molecule has 1 aliphatic heterocycles. The number of rotatable bonds is 4. The van der Waals surface area contributed by atoms with E-state index in [1.54, 1.807) is 0 Å². The number of benzene rings is 1. The van der Waals surface area contributed by atoms with Gasteiger partial charge in [-0.1, -0.05) is 39.0 Å². The molecule has 0 saturated carbocycles. The van der Waals surface area contributed by atoms with Crippen LogP contribution in [-0.4, -0.2) is 56.7 Å². The van der Waals surface area contributed by atoms with Crippen molar-refractivity contribution < 1.29 is 4.79 Å². The predicted molar refractivity (Wildman–Crippen MR) is 114 cm³/mol. The first-order valence-corrected chi connectivity index (χ1v) is 10.3. The highest BCUT2D eigenvalue weighted by atomic mass is 16.2. The number of hydrogen-bond donors (Lipinski definition) is 0. The molecular weight excluding hydrogens is 364 g/mol. The van der Waals surface area contributed by atoms with Gasteiger partial charge in [0.1, 0.15) is 11.6 Å². The molecule has 0 spiro atoms. The summed E-state index contributed by atoms with van der Waals surface area (Å²) in [6.45, 7) is 11.0. The van der Waals surface area contributed by atoms with E-state index in [1.807, 2.05) is 60.7 Å². The minimum atomic E-state index is 0.0327. The summed E-state index contributed by atoms with van der Waals surface area (Å²) in [4.78, 5) is 26.3. The number of aryl methyl sites for hydroxylation is 2. The molecule has 29 heavy (non-hydrogen) atoms. The predicted octanol–water partition coefficient (Wildman–Crippen LogP) is 2.99. The molecule has 0 radical (unpaired) electrons. The Morgan fingerprint density at radius 2 is 1.76 bits per heavy atom. The zero-order chi connectivity index (χ0) is 20.5. The maximum atomic E-state index is 12.3. The van der Waals surface area contributed by atoms with Crippen molar-refractivity contribution >= 4 is 22.8 Å². The molecular formula is C22H28N6O. The molecule has 0 bridgehead atoms. The van der Waals surface area contributed by atoms with Crippen LogP contribution in [0.1, 0.15) is 32.3 Å². The maximum Gasteiger partial charge on any atom is 0.225 e. The van der Waals surface area contributed by atoms with E-state index in [2.05, 4.69) is 11.8 Å². The van der Waals surface area contributed by atoms with Crippen molar-refractivity contribution in [2.45, 2.75) is 34.1 Å². The monoisotopic (exact) mass is 392 g/mol. The van der Waals surface area contributed by atoms with Gasteiger partial charge in [-0.3, -0.25) is 4.79 Å². The van der Waals surface area contributed by atoms with Crippen LogP contribution in [0.4, 0.5) is 5.82 Å². The highest BCUT2D eigenvalue weighted by Crippen LogP contribution is 2.29. The van der Waals surface area contributed by atoms with Crippen LogP contribution in [0.5, 0.6) is 0 Å². The average molecular weight is 393 g/mol. The zero-order valence-corrected chi connectivity index (χ0v) is 17.6. The van der Waals surface area contributed by atoms with E-state index in [4.69, 9.17) is 15.1 Å². The normalized spacial score (nSPS) is 14.8. The molecule has 4 rings (SSSR count). The van der Waals surface area contributed by atoms with Crippen molar-refractivity contribution in [3.63, 3.8) is 0 Å². The van der Waals surface area contributed by atoms with Gasteiger partial charge in [-0.2, -0.15) is 5.10 Å². The summed E-state index contributed by atoms with van der Waals surface area (Å²) in [5.41, 5.74) is 2.75. The SMILES string of the molecule is CCc1nc(N2CCN(C(=O)C(C)C)CC2)c2c(C)nn(-c3ccccc3)c2n1. The number of amides is 1. The molecule has 152 valence electrons. The molecule has 7 nitrogen and oxygen atoms in total. The van der Waals surface area contributed by atoms with E-state index < -0.39 is 0 Å². The Morgan fingerprint density at radius 1 is 1.07 bits per heavy atom. The smallest absolute Gasteiger partial charge is 0.225 e. The first-order valence-electron chi connectivity index (χ1n) is 10.3. The van der Waals surface area contributed by atoms with Gasteiger partial charge in [0.05, 0.1) is 16.8 Å². The third kappa shape index (κ3) is 3.57. The second-order valence-electron chi connectivity index (χ2n) is 7.82. The average Bonchev–Trinajstić information content (AvgIpc) is 3.09. The van der Waals surface area contributed by atoms with Gasteiger partial charge in [0.25, 0.3) is 0 Å². The summed E-state index contributed by atoms with van der Waals surface area (Å²) in [7, 11) is 0. The molecule has 7 heteroatoms. The molecule has 3 aromatic rings. The number of aromatic nitrogens is 4. The third-order valence-electron chi connectivity index (χ3n) is 5.43. The summed E-state index contributed by atoms with van der Waals surface area (Å²) in [6.07, 6.45) is 0.758. The quantitative estimate of drug-likeness (QED) is 0.683. The molecule has 0 aliphatic carbocycles. The lowest BCUT2D eigenvalue weighted by molar-refractivity contribution is -0.134. The lowest BCUT2D eigenvalue weighted by Gasteiger charge is -2.36. The highest BCUT2D eigenvalue weighted by Gasteiger charge is 2.27. The molecule has 0 atom stereocenters. The van der Waals surface area contributed by atoms with Gasteiger partial charge in [0, 0.05) is 38.5 Å². The van der Waals surface area contributed by atoms with Crippen LogP contribution in [0, 0.1) is 12.8 Å². The van der Waals surface area contributed by atoms with Crippen molar-refractivity contribution in [1.82, 2.24) is 24.6 Å². The Labute approximate surface area is 171 Å². The van der Waals surface area contributed by atoms with Crippen LogP contribution in [0.3, 0.4) is 0 Å². The third-order valence-corrected chi connectivity index (χ3v) is 5.43. The lowest BCUT2D eigenvalue weighted by Crippen LogP contribution is -2.50. The topological polar surface area (TPSA) is 67.2 Å². The van der Waals surface area contributed by atoms with Crippen LogP contribution in [0.25, 0.3) is 16.7 Å². The Morgan fingerprint density at radius 3 is 2.38 bits per heavy atom. The van der Waals surface area contributed by atoms with Crippen molar-refractivity contribution in [3.8, 4) is 5.69 Å². The Bertz CT molecular complexity index is 1020. The number of para-hydroxylation sites is 1. The Kier molecular flexibility index (Phi) is 5.22. The van der Waals surface area contributed by atoms with Gasteiger partial charge >= 0.3 is 0 Å². The minimum Gasteiger partial charge on any atom is -0.352 e. The van der Waals surface area contributed by atoms with Crippen LogP contribution >= 0.6 is 0 Å². The number of nitrogens with zero attached hydrogens (tertiary/aromatic N) is 6. The van der Waals surface area contributed by atoms with Gasteiger partial charge in [0.15, 0.2) is 5.65 Å². The molecule has 1 amide bonds. The summed E-state index contributed by atoms with van der Waals surface area (Å²) < 4.78 is 1.91. The van der Waals surface area contributed by atoms with Crippen LogP contribution in [-0.2, 0) is 11.2 Å². The number of anilines is 1. The summed E-state index contributed by atoms with van der Waals surface area (Å²) in [6, 6.07) is 10.1. The first-order chi connectivity index (χ1) is 14.0. The molecule has 0 unspecified atom stereocenters. The molecule has 1 aliphatic rings. The number of piperazine rings is 1. The number of carbonyl (C=O) groups excluding carboxylic acids is 1. The van der Waals surface area contributed by atoms with Crippen molar-refractivity contribution in [2.24, 2.45) is 5.92 Å². The molecule has 0 N–H and O–H groups in total. The van der Waals surface area contributed by atoms with E-state index in [9.17, 15) is 4.79 Å². The summed E-state index contributed by atoms with van der Waals surface area (Å²) >= 11 is 0. The van der Waals surface area contributed by atoms with Crippen LogP contribution in [0.15, 0.2) is 30.3 Å². The standard InChI is InChI=1S/C22H28N6O/c1-5-18-23-20(26-11-13-27(14-12-26)22(29)15(2)3)19-16(4)25-28(21(19)24-18)17-9-7-6-8-10-17/h6-10,15H,5,11-14H2,1-4H3. The molecule has 2 aromatic heterocycles. The van der Waals surface area contributed by atoms with Crippen molar-refractivity contribution in [3.05, 3.63) is 41.9 Å². The fourth-order valence-corrected chi connectivity index (χ4v) is 3.85. The Balaban J connectivity index is 1.74. The van der Waals surface area contributed by atoms with Crippen molar-refractivity contribution in [1.29, 1.82) is 0 Å². The molecule has 1 fully saturated rings. The van der Waals surface area contributed by atoms with Crippen LogP contribution in [0.2, 0.25) is 0 Å². The van der Waals surface area contributed by atoms with E-state index in [1.165, 1.54) is 0 Å². The summed E-state index contributed by atoms with van der Waals surface area (Å²) in [5.74, 6) is 2.00. The van der Waals surface area contributed by atoms with Crippen LogP contribution < -0.4 is 4.90 Å². The lowest BCUT2D eigenvalue weighted by atomic mass is 10.1. The Hall–Kier alpha value is -2.96. The second kappa shape index (κ2) is 7.81. The van der Waals surface area contributed by atoms with E-state index in [0.717, 1.165) is 66.7 Å². The number of fused-ring (bicyclic) bond motifs is 1. The van der Waals surface area contributed by atoms with Gasteiger partial charge in [-0.15, -0.1) is 0 Å². The fourth-order valence-electron chi connectivity index (χ4n) is 3.85. The first kappa shape index (κ1) is 19.4. The van der Waals surface area contributed by atoms with E-state index in [-0.39, 0.29) is 11.8 Å². The molecule has 1 aromatic carbocycles. The highest BCUT2D eigenvalue weighted by molar-refractivity contribution is 5.91. The second-order valence-corrected chi connectivity index (χ2v) is 7.82. The fraction of sp³-hybridized carbons (Fsp3) is 0.455. The molecule has 1 saturated heterocycles. The van der Waals surface area contributed by atoms with Gasteiger partial charge < -0.3 is 9.80 Å². The summed E-state index contributed by atoms with van der Waals surface area (Å²) in [5, 5.41) is 5.78. The molecule has 3 heterocycles. The van der Waals surface area contributed by atoms with Crippen molar-refractivity contribution in [2.75, 3.05) is 31.1 Å².